The summed E-state index contributed by atoms with van der Waals surface area (Å²) < 4.78 is 78.0. The average Bonchev–Trinajstić information content (AvgIpc) is 3.71. The van der Waals surface area contributed by atoms with Crippen molar-refractivity contribution in [3.63, 3.8) is 0 Å². The molecule has 13 heteroatoms. The fraction of sp³-hybridized carbons (Fsp3) is 0.360. The highest BCUT2D eigenvalue weighted by molar-refractivity contribution is 6.17. The second-order valence-electron chi connectivity index (χ2n) is 8.65. The zero-order valence-electron chi connectivity index (χ0n) is 20.6. The van der Waals surface area contributed by atoms with E-state index in [1.54, 1.807) is 18.2 Å². The van der Waals surface area contributed by atoms with Gasteiger partial charge in [-0.15, -0.1) is 0 Å². The van der Waals surface area contributed by atoms with Gasteiger partial charge < -0.3 is 10.2 Å². The van der Waals surface area contributed by atoms with Crippen LogP contribution in [0.3, 0.4) is 0 Å². The highest BCUT2D eigenvalue weighted by Gasteiger charge is 2.38. The number of alkyl halides is 6. The first-order valence-corrected chi connectivity index (χ1v) is 11.3. The molecular formula is C25H24F6N4O3. The van der Waals surface area contributed by atoms with E-state index in [9.17, 15) is 40.7 Å². The molecule has 0 aliphatic carbocycles. The second-order valence-corrected chi connectivity index (χ2v) is 8.65. The van der Waals surface area contributed by atoms with Gasteiger partial charge in [0.1, 0.15) is 13.1 Å². The van der Waals surface area contributed by atoms with Crippen LogP contribution < -0.4 is 15.1 Å². The van der Waals surface area contributed by atoms with Crippen molar-refractivity contribution < 1.29 is 40.7 Å². The number of carbonyl (C=O) groups excluding carboxylic acids is 3. The van der Waals surface area contributed by atoms with Crippen LogP contribution in [0.5, 0.6) is 0 Å². The third-order valence-electron chi connectivity index (χ3n) is 5.68. The number of aliphatic imine (C=N–C) groups is 1. The third-order valence-corrected chi connectivity index (χ3v) is 5.68. The van der Waals surface area contributed by atoms with E-state index in [4.69, 9.17) is 0 Å². The normalized spacial score (nSPS) is 17.0. The molecule has 1 aromatic rings. The number of nitrogens with zero attached hydrogens (tertiary/aromatic N) is 3. The van der Waals surface area contributed by atoms with E-state index in [2.05, 4.69) is 10.3 Å². The summed E-state index contributed by atoms with van der Waals surface area (Å²) in [5.74, 6) is -0.670. The molecule has 2 heterocycles. The zero-order chi connectivity index (χ0) is 28.4. The smallest absolute Gasteiger partial charge is 0.325 e. The molecule has 0 bridgehead atoms. The lowest BCUT2D eigenvalue weighted by molar-refractivity contribution is -0.114. The first-order valence-electron chi connectivity index (χ1n) is 11.3. The lowest BCUT2D eigenvalue weighted by Gasteiger charge is -2.16. The van der Waals surface area contributed by atoms with Gasteiger partial charge in [-0.1, -0.05) is 12.2 Å². The number of hydrogen-bond donors (Lipinski definition) is 1. The molecule has 0 unspecified atom stereocenters. The van der Waals surface area contributed by atoms with E-state index in [-0.39, 0.29) is 55.4 Å². The molecule has 0 saturated carbocycles. The molecule has 0 spiro atoms. The Morgan fingerprint density at radius 3 is 2.05 bits per heavy atom. The highest BCUT2D eigenvalue weighted by atomic mass is 19.4. The lowest BCUT2D eigenvalue weighted by Crippen LogP contribution is -2.15. The number of halogens is 6. The molecular weight excluding hydrogens is 518 g/mol. The molecule has 3 amide bonds. The van der Waals surface area contributed by atoms with Crippen molar-refractivity contribution >= 4 is 40.5 Å². The van der Waals surface area contributed by atoms with Gasteiger partial charge in [0.05, 0.1) is 22.6 Å². The lowest BCUT2D eigenvalue weighted by atomic mass is 10.0. The Morgan fingerprint density at radius 2 is 1.58 bits per heavy atom. The number of amides is 3. The van der Waals surface area contributed by atoms with E-state index in [0.29, 0.717) is 35.6 Å². The van der Waals surface area contributed by atoms with Crippen LogP contribution in [0.1, 0.15) is 25.8 Å². The van der Waals surface area contributed by atoms with Crippen molar-refractivity contribution in [3.8, 4) is 0 Å². The molecule has 0 aromatic heterocycles. The fourth-order valence-electron chi connectivity index (χ4n) is 3.53. The minimum absolute atomic E-state index is 0.0517. The summed E-state index contributed by atoms with van der Waals surface area (Å²) >= 11 is 0. The van der Waals surface area contributed by atoms with Crippen molar-refractivity contribution in [1.82, 2.24) is 0 Å². The maximum atomic E-state index is 13.3. The number of benzene rings is 1. The largest absolute Gasteiger partial charge is 0.416 e. The topological polar surface area (TPSA) is 81.6 Å². The minimum Gasteiger partial charge on any atom is -0.325 e. The number of nitrogens with one attached hydrogen (secondary N) is 1. The Morgan fingerprint density at radius 1 is 1.00 bits per heavy atom. The molecule has 7 nitrogen and oxygen atoms in total. The van der Waals surface area contributed by atoms with Gasteiger partial charge in [0, 0.05) is 31.7 Å². The molecule has 204 valence electrons. The van der Waals surface area contributed by atoms with E-state index in [0.717, 1.165) is 0 Å². The van der Waals surface area contributed by atoms with Gasteiger partial charge in [-0.05, 0) is 43.2 Å². The monoisotopic (exact) mass is 542 g/mol. The van der Waals surface area contributed by atoms with E-state index >= 15 is 0 Å². The van der Waals surface area contributed by atoms with Crippen molar-refractivity contribution in [1.29, 1.82) is 0 Å². The molecule has 1 aromatic carbocycles. The highest BCUT2D eigenvalue weighted by Crippen LogP contribution is 2.40. The SMILES string of the molecule is CN=C(/C=C\Cc1cc(NC(C)=O)c(N2CC2=O)cc1N1CC1=O)C/C=C(\C=C(/C)C(F)(F)F)C(F)(F)F. The van der Waals surface area contributed by atoms with E-state index < -0.39 is 23.5 Å². The standard InChI is InChI=1S/C25H24F6N4O3/c1-14(24(26,27)28)9-17(25(29,30)31)7-8-18(32-3)6-4-5-16-10-19(33-15(2)36)21(35-13-23(35)38)11-20(16)34-12-22(34)37/h4,6-7,9-11H,5,8,12-13H2,1-3H3,(H,33,36)/b6-4-,14-9+,17-7+,32-18?. The zero-order valence-corrected chi connectivity index (χ0v) is 20.6. The third kappa shape index (κ3) is 7.33. The average molecular weight is 542 g/mol. The van der Waals surface area contributed by atoms with Crippen LogP contribution in [0, 0.1) is 0 Å². The van der Waals surface area contributed by atoms with Crippen LogP contribution in [0.4, 0.5) is 43.4 Å². The van der Waals surface area contributed by atoms with Crippen LogP contribution >= 0.6 is 0 Å². The van der Waals surface area contributed by atoms with Crippen LogP contribution in [-0.4, -0.2) is 55.9 Å². The van der Waals surface area contributed by atoms with Crippen LogP contribution in [0.2, 0.25) is 0 Å². The molecule has 38 heavy (non-hydrogen) atoms. The van der Waals surface area contributed by atoms with Crippen LogP contribution in [-0.2, 0) is 20.8 Å². The van der Waals surface area contributed by atoms with Crippen LogP contribution in [0.25, 0.3) is 0 Å². The van der Waals surface area contributed by atoms with Gasteiger partial charge >= 0.3 is 12.4 Å². The second kappa shape index (κ2) is 10.8. The molecule has 2 saturated heterocycles. The number of rotatable bonds is 9. The van der Waals surface area contributed by atoms with Gasteiger partial charge in [-0.3, -0.25) is 24.3 Å². The van der Waals surface area contributed by atoms with E-state index in [1.165, 1.54) is 29.8 Å². The first-order chi connectivity index (χ1) is 17.6. The van der Waals surface area contributed by atoms with Crippen molar-refractivity contribution in [3.05, 3.63) is 53.1 Å². The Kier molecular flexibility index (Phi) is 8.18. The summed E-state index contributed by atoms with van der Waals surface area (Å²) in [6.45, 7) is 2.19. The summed E-state index contributed by atoms with van der Waals surface area (Å²) in [6.07, 6.45) is -6.39. The summed E-state index contributed by atoms with van der Waals surface area (Å²) in [4.78, 5) is 42.0. The number of anilines is 3. The Labute approximate surface area is 214 Å². The summed E-state index contributed by atoms with van der Waals surface area (Å²) in [7, 11) is 1.34. The molecule has 0 atom stereocenters. The quantitative estimate of drug-likeness (QED) is 0.209. The minimum atomic E-state index is -4.99. The predicted octanol–water partition coefficient (Wildman–Crippen LogP) is 4.90. The number of allylic oxidation sites excluding steroid dienone is 6. The van der Waals surface area contributed by atoms with Gasteiger partial charge in [-0.2, -0.15) is 26.3 Å². The van der Waals surface area contributed by atoms with Crippen molar-refractivity contribution in [2.75, 3.05) is 35.3 Å². The molecule has 2 aliphatic heterocycles. The molecule has 0 radical (unpaired) electrons. The maximum Gasteiger partial charge on any atom is 0.416 e. The van der Waals surface area contributed by atoms with Gasteiger partial charge in [0.25, 0.3) is 0 Å². The summed E-state index contributed by atoms with van der Waals surface area (Å²) in [5, 5.41) is 2.65. The molecule has 2 aliphatic rings. The van der Waals surface area contributed by atoms with Gasteiger partial charge in [0.2, 0.25) is 17.7 Å². The van der Waals surface area contributed by atoms with Crippen molar-refractivity contribution in [2.45, 2.75) is 39.0 Å². The number of hydrogen-bond acceptors (Lipinski definition) is 4. The summed E-state index contributed by atoms with van der Waals surface area (Å²) in [5.41, 5.74) is -0.738. The number of carbonyl (C=O) groups is 3. The predicted molar refractivity (Wildman–Crippen MR) is 130 cm³/mol. The summed E-state index contributed by atoms with van der Waals surface area (Å²) in [6, 6.07) is 3.23. The molecule has 1 N–H and O–H groups in total. The molecule has 2 fully saturated rings. The van der Waals surface area contributed by atoms with Crippen molar-refractivity contribution in [2.24, 2.45) is 4.99 Å². The Balaban J connectivity index is 1.84. The Hall–Kier alpha value is -3.90. The van der Waals surface area contributed by atoms with Gasteiger partial charge in [0.15, 0.2) is 0 Å². The maximum absolute atomic E-state index is 13.3. The van der Waals surface area contributed by atoms with E-state index in [1.807, 2.05) is 0 Å². The Bertz CT molecular complexity index is 1270. The van der Waals surface area contributed by atoms with Crippen LogP contribution in [0.15, 0.2) is 52.6 Å². The first kappa shape index (κ1) is 28.7. The van der Waals surface area contributed by atoms with Gasteiger partial charge in [-0.25, -0.2) is 0 Å². The molecule has 3 rings (SSSR count). The fourth-order valence-corrected chi connectivity index (χ4v) is 3.53.